The molecule has 0 fully saturated rings. The van der Waals surface area contributed by atoms with E-state index >= 15 is 0 Å². The molecular formula is C28H40ClN3O4S. The number of aryl methyl sites for hydroxylation is 1. The summed E-state index contributed by atoms with van der Waals surface area (Å²) in [5.74, 6) is -0.407. The predicted octanol–water partition coefficient (Wildman–Crippen LogP) is 5.23. The number of benzene rings is 2. The van der Waals surface area contributed by atoms with E-state index in [1.807, 2.05) is 58.9 Å². The van der Waals surface area contributed by atoms with Crippen molar-refractivity contribution in [3.05, 3.63) is 64.2 Å². The Balaban J connectivity index is 2.27. The van der Waals surface area contributed by atoms with Crippen LogP contribution in [0, 0.1) is 13.8 Å². The van der Waals surface area contributed by atoms with Gasteiger partial charge in [0, 0.05) is 30.1 Å². The van der Waals surface area contributed by atoms with E-state index in [4.69, 9.17) is 11.6 Å². The number of anilines is 1. The lowest BCUT2D eigenvalue weighted by atomic mass is 10.0. The molecule has 2 aromatic carbocycles. The van der Waals surface area contributed by atoms with Gasteiger partial charge in [0.25, 0.3) is 0 Å². The monoisotopic (exact) mass is 549 g/mol. The van der Waals surface area contributed by atoms with Crippen LogP contribution < -0.4 is 9.62 Å². The van der Waals surface area contributed by atoms with Crippen LogP contribution in [0.25, 0.3) is 0 Å². The van der Waals surface area contributed by atoms with Crippen molar-refractivity contribution in [2.45, 2.75) is 78.9 Å². The van der Waals surface area contributed by atoms with E-state index < -0.39 is 21.6 Å². The Morgan fingerprint density at radius 3 is 2.22 bits per heavy atom. The Labute approximate surface area is 227 Å². The Kier molecular flexibility index (Phi) is 10.6. The van der Waals surface area contributed by atoms with E-state index in [9.17, 15) is 18.0 Å². The number of nitrogens with one attached hydrogen (secondary N) is 1. The molecule has 0 aromatic heterocycles. The molecule has 1 N–H and O–H groups in total. The second kappa shape index (κ2) is 12.8. The standard InChI is InChI=1S/C28H40ClN3O4S/c1-8-24(27(34)30-28(4,5)6)31(19-22-16-14-20(2)15-17-22)26(33)13-10-18-32(37(7,35)36)25-12-9-11-23(29)21(25)3/h9,11-12,14-17,24H,8,10,13,18-19H2,1-7H3,(H,30,34). The number of rotatable bonds is 11. The van der Waals surface area contributed by atoms with Gasteiger partial charge in [-0.05, 0) is 70.7 Å². The molecule has 2 aromatic rings. The van der Waals surface area contributed by atoms with Crippen LogP contribution in [-0.2, 0) is 26.2 Å². The van der Waals surface area contributed by atoms with E-state index in [0.717, 1.165) is 17.4 Å². The summed E-state index contributed by atoms with van der Waals surface area (Å²) >= 11 is 6.23. The van der Waals surface area contributed by atoms with Gasteiger partial charge in [0.1, 0.15) is 6.04 Å². The fourth-order valence-electron chi connectivity index (χ4n) is 4.11. The van der Waals surface area contributed by atoms with E-state index in [2.05, 4.69) is 5.32 Å². The van der Waals surface area contributed by atoms with Gasteiger partial charge < -0.3 is 10.2 Å². The Bertz CT molecular complexity index is 1190. The van der Waals surface area contributed by atoms with E-state index in [-0.39, 0.29) is 24.8 Å². The van der Waals surface area contributed by atoms with Crippen LogP contribution in [0.5, 0.6) is 0 Å². The molecule has 1 unspecified atom stereocenters. The molecule has 0 bridgehead atoms. The summed E-state index contributed by atoms with van der Waals surface area (Å²) in [5.41, 5.74) is 2.75. The summed E-state index contributed by atoms with van der Waals surface area (Å²) in [6.07, 6.45) is 1.98. The molecule has 0 saturated carbocycles. The number of hydrogen-bond donors (Lipinski definition) is 1. The first-order valence-electron chi connectivity index (χ1n) is 12.5. The van der Waals surface area contributed by atoms with Crippen LogP contribution in [0.1, 0.15) is 63.6 Å². The van der Waals surface area contributed by atoms with Crippen LogP contribution in [-0.4, -0.2) is 49.5 Å². The summed E-state index contributed by atoms with van der Waals surface area (Å²) in [5, 5.41) is 3.47. The fraction of sp³-hybridized carbons (Fsp3) is 0.500. The van der Waals surface area contributed by atoms with E-state index in [0.29, 0.717) is 35.7 Å². The highest BCUT2D eigenvalue weighted by Gasteiger charge is 2.31. The Hall–Kier alpha value is -2.58. The van der Waals surface area contributed by atoms with Crippen LogP contribution >= 0.6 is 11.6 Å². The van der Waals surface area contributed by atoms with Gasteiger partial charge in [0.2, 0.25) is 21.8 Å². The summed E-state index contributed by atoms with van der Waals surface area (Å²) < 4.78 is 26.5. The predicted molar refractivity (Wildman–Crippen MR) is 151 cm³/mol. The van der Waals surface area contributed by atoms with Crippen LogP contribution in [0.15, 0.2) is 42.5 Å². The largest absolute Gasteiger partial charge is 0.350 e. The highest BCUT2D eigenvalue weighted by Crippen LogP contribution is 2.28. The summed E-state index contributed by atoms with van der Waals surface area (Å²) in [7, 11) is -3.60. The third-order valence-corrected chi connectivity index (χ3v) is 7.61. The molecule has 0 spiro atoms. The molecule has 204 valence electrons. The first-order valence-corrected chi connectivity index (χ1v) is 14.8. The number of nitrogens with zero attached hydrogens (tertiary/aromatic N) is 2. The quantitative estimate of drug-likeness (QED) is 0.416. The van der Waals surface area contributed by atoms with Gasteiger partial charge in [0.15, 0.2) is 0 Å². The lowest BCUT2D eigenvalue weighted by molar-refractivity contribution is -0.142. The number of carbonyl (C=O) groups is 2. The fourth-order valence-corrected chi connectivity index (χ4v) is 5.30. The first kappa shape index (κ1) is 30.6. The lowest BCUT2D eigenvalue weighted by Gasteiger charge is -2.33. The summed E-state index contributed by atoms with van der Waals surface area (Å²) in [6.45, 7) is 11.8. The van der Waals surface area contributed by atoms with Gasteiger partial charge in [0.05, 0.1) is 11.9 Å². The number of halogens is 1. The van der Waals surface area contributed by atoms with Crippen molar-refractivity contribution < 1.29 is 18.0 Å². The molecule has 0 aliphatic rings. The average Bonchev–Trinajstić information content (AvgIpc) is 2.78. The van der Waals surface area contributed by atoms with Crippen molar-refractivity contribution in [1.29, 1.82) is 0 Å². The zero-order chi connectivity index (χ0) is 28.0. The summed E-state index contributed by atoms with van der Waals surface area (Å²) in [6, 6.07) is 12.3. The zero-order valence-electron chi connectivity index (χ0n) is 23.0. The molecule has 0 saturated heterocycles. The van der Waals surface area contributed by atoms with Crippen molar-refractivity contribution in [3.63, 3.8) is 0 Å². The number of sulfonamides is 1. The SMILES string of the molecule is CCC(C(=O)NC(C)(C)C)N(Cc1ccc(C)cc1)C(=O)CCCN(c1cccc(Cl)c1C)S(C)(=O)=O. The van der Waals surface area contributed by atoms with Gasteiger partial charge in [-0.2, -0.15) is 0 Å². The molecule has 2 amide bonds. The van der Waals surface area contributed by atoms with Gasteiger partial charge in [-0.15, -0.1) is 0 Å². The number of hydrogen-bond acceptors (Lipinski definition) is 4. The van der Waals surface area contributed by atoms with Crippen LogP contribution in [0.3, 0.4) is 0 Å². The molecule has 0 radical (unpaired) electrons. The van der Waals surface area contributed by atoms with Gasteiger partial charge in [-0.1, -0.05) is 54.4 Å². The zero-order valence-corrected chi connectivity index (χ0v) is 24.5. The van der Waals surface area contributed by atoms with Crippen molar-refractivity contribution in [2.24, 2.45) is 0 Å². The van der Waals surface area contributed by atoms with E-state index in [1.54, 1.807) is 30.0 Å². The molecule has 0 heterocycles. The molecule has 0 aliphatic heterocycles. The van der Waals surface area contributed by atoms with Crippen molar-refractivity contribution >= 4 is 39.1 Å². The minimum Gasteiger partial charge on any atom is -0.350 e. The molecule has 2 rings (SSSR count). The first-order chi connectivity index (χ1) is 17.1. The Morgan fingerprint density at radius 1 is 1.05 bits per heavy atom. The van der Waals surface area contributed by atoms with Crippen molar-refractivity contribution in [1.82, 2.24) is 10.2 Å². The number of carbonyl (C=O) groups excluding carboxylic acids is 2. The molecule has 1 atom stereocenters. The molecule has 9 heteroatoms. The lowest BCUT2D eigenvalue weighted by Crippen LogP contribution is -2.53. The molecule has 7 nitrogen and oxygen atoms in total. The number of amides is 2. The van der Waals surface area contributed by atoms with Gasteiger partial charge in [-0.25, -0.2) is 8.42 Å². The van der Waals surface area contributed by atoms with E-state index in [1.165, 1.54) is 4.31 Å². The average molecular weight is 550 g/mol. The molecule has 37 heavy (non-hydrogen) atoms. The maximum atomic E-state index is 13.5. The van der Waals surface area contributed by atoms with Crippen LogP contribution in [0.2, 0.25) is 5.02 Å². The van der Waals surface area contributed by atoms with Gasteiger partial charge in [-0.3, -0.25) is 13.9 Å². The second-order valence-electron chi connectivity index (χ2n) is 10.5. The highest BCUT2D eigenvalue weighted by atomic mass is 35.5. The van der Waals surface area contributed by atoms with Crippen molar-refractivity contribution in [2.75, 3.05) is 17.1 Å². The minimum absolute atomic E-state index is 0.0940. The highest BCUT2D eigenvalue weighted by molar-refractivity contribution is 7.92. The smallest absolute Gasteiger partial charge is 0.243 e. The second-order valence-corrected chi connectivity index (χ2v) is 12.8. The normalized spacial score (nSPS) is 12.6. The maximum absolute atomic E-state index is 13.5. The third-order valence-electron chi connectivity index (χ3n) is 6.02. The molecule has 0 aliphatic carbocycles. The van der Waals surface area contributed by atoms with Crippen molar-refractivity contribution in [3.8, 4) is 0 Å². The third kappa shape index (κ3) is 9.04. The topological polar surface area (TPSA) is 86.8 Å². The minimum atomic E-state index is -3.60. The molecular weight excluding hydrogens is 510 g/mol. The summed E-state index contributed by atoms with van der Waals surface area (Å²) in [4.78, 5) is 28.3. The van der Waals surface area contributed by atoms with Gasteiger partial charge >= 0.3 is 0 Å². The van der Waals surface area contributed by atoms with Crippen LogP contribution in [0.4, 0.5) is 5.69 Å². The Morgan fingerprint density at radius 2 is 1.68 bits per heavy atom. The maximum Gasteiger partial charge on any atom is 0.243 e.